The summed E-state index contributed by atoms with van der Waals surface area (Å²) in [5.41, 5.74) is -0.514. The lowest BCUT2D eigenvalue weighted by Gasteiger charge is -2.11. The zero-order valence-electron chi connectivity index (χ0n) is 9.96. The smallest absolute Gasteiger partial charge is 0.325 e. The molecule has 1 N–H and O–H groups in total. The van der Waals surface area contributed by atoms with Gasteiger partial charge in [-0.25, -0.2) is 0 Å². The van der Waals surface area contributed by atoms with Crippen molar-refractivity contribution in [1.29, 1.82) is 0 Å². The third-order valence-corrected chi connectivity index (χ3v) is 3.10. The van der Waals surface area contributed by atoms with Gasteiger partial charge in [0, 0.05) is 12.1 Å². The van der Waals surface area contributed by atoms with Crippen LogP contribution in [0.1, 0.15) is 24.8 Å². The highest BCUT2D eigenvalue weighted by molar-refractivity contribution is 6.08. The van der Waals surface area contributed by atoms with Crippen LogP contribution in [0, 0.1) is 5.92 Å². The van der Waals surface area contributed by atoms with Crippen molar-refractivity contribution in [2.24, 2.45) is 5.92 Å². The molecule has 3 nitrogen and oxygen atoms in total. The molecule has 6 heteroatoms. The number of halogens is 3. The molecule has 1 saturated carbocycles. The maximum absolute atomic E-state index is 12.3. The van der Waals surface area contributed by atoms with Crippen molar-refractivity contribution in [2.45, 2.75) is 25.4 Å². The van der Waals surface area contributed by atoms with Gasteiger partial charge in [0.25, 0.3) is 0 Å². The molecule has 0 aromatic heterocycles. The van der Waals surface area contributed by atoms with Crippen LogP contribution >= 0.6 is 0 Å². The van der Waals surface area contributed by atoms with Crippen LogP contribution in [0.3, 0.4) is 0 Å². The van der Waals surface area contributed by atoms with Gasteiger partial charge in [0.15, 0.2) is 0 Å². The van der Waals surface area contributed by atoms with Gasteiger partial charge >= 0.3 is 6.18 Å². The molecular formula is C13H12F3NO2. The Balaban J connectivity index is 2.04. The Morgan fingerprint density at radius 2 is 1.84 bits per heavy atom. The van der Waals surface area contributed by atoms with Gasteiger partial charge in [-0.05, 0) is 37.1 Å². The summed E-state index contributed by atoms with van der Waals surface area (Å²) in [5, 5.41) is 2.47. The summed E-state index contributed by atoms with van der Waals surface area (Å²) < 4.78 is 37.0. The Hall–Kier alpha value is -1.85. The van der Waals surface area contributed by atoms with Gasteiger partial charge in [0.2, 0.25) is 5.91 Å². The first-order valence-electron chi connectivity index (χ1n) is 5.89. The third-order valence-electron chi connectivity index (χ3n) is 3.10. The molecule has 1 unspecified atom stereocenters. The van der Waals surface area contributed by atoms with E-state index in [-0.39, 0.29) is 11.5 Å². The van der Waals surface area contributed by atoms with E-state index in [4.69, 9.17) is 0 Å². The quantitative estimate of drug-likeness (QED) is 0.840. The lowest BCUT2D eigenvalue weighted by Crippen LogP contribution is -2.25. The van der Waals surface area contributed by atoms with E-state index in [1.54, 1.807) is 0 Å². The maximum atomic E-state index is 12.3. The van der Waals surface area contributed by atoms with Gasteiger partial charge < -0.3 is 5.32 Å². The molecule has 1 aromatic rings. The van der Waals surface area contributed by atoms with Crippen LogP contribution in [0.15, 0.2) is 24.3 Å². The van der Waals surface area contributed by atoms with Crippen LogP contribution < -0.4 is 5.32 Å². The van der Waals surface area contributed by atoms with Crippen molar-refractivity contribution in [3.63, 3.8) is 0 Å². The van der Waals surface area contributed by atoms with E-state index >= 15 is 0 Å². The summed E-state index contributed by atoms with van der Waals surface area (Å²) in [6.45, 7) is 0. The molecule has 0 aliphatic heterocycles. The maximum Gasteiger partial charge on any atom is 0.416 e. The number of Topliss-reactive ketones (excluding diaryl/α,β-unsaturated/α-hetero) is 1. The van der Waals surface area contributed by atoms with Crippen molar-refractivity contribution >= 4 is 17.4 Å². The Kier molecular flexibility index (Phi) is 3.59. The van der Waals surface area contributed by atoms with E-state index in [1.807, 2.05) is 0 Å². The molecule has 0 radical (unpaired) electrons. The molecule has 0 spiro atoms. The minimum atomic E-state index is -4.40. The van der Waals surface area contributed by atoms with E-state index in [2.05, 4.69) is 5.32 Å². The predicted molar refractivity (Wildman–Crippen MR) is 62.4 cm³/mol. The summed E-state index contributed by atoms with van der Waals surface area (Å²) in [6, 6.07) is 4.15. The van der Waals surface area contributed by atoms with E-state index in [1.165, 1.54) is 12.1 Å². The minimum Gasteiger partial charge on any atom is -0.325 e. The van der Waals surface area contributed by atoms with Gasteiger partial charge in [-0.2, -0.15) is 13.2 Å². The summed E-state index contributed by atoms with van der Waals surface area (Å²) in [6.07, 6.45) is -2.82. The van der Waals surface area contributed by atoms with Gasteiger partial charge in [-0.1, -0.05) is 0 Å². The van der Waals surface area contributed by atoms with Gasteiger partial charge in [-0.15, -0.1) is 0 Å². The van der Waals surface area contributed by atoms with Crippen molar-refractivity contribution < 1.29 is 22.8 Å². The van der Waals surface area contributed by atoms with E-state index < -0.39 is 23.6 Å². The molecular weight excluding hydrogens is 259 g/mol. The van der Waals surface area contributed by atoms with Crippen molar-refractivity contribution in [2.75, 3.05) is 5.32 Å². The number of hydrogen-bond acceptors (Lipinski definition) is 2. The van der Waals surface area contributed by atoms with Crippen molar-refractivity contribution in [1.82, 2.24) is 0 Å². The lowest BCUT2D eigenvalue weighted by atomic mass is 10.1. The molecule has 0 bridgehead atoms. The topological polar surface area (TPSA) is 46.2 Å². The first kappa shape index (κ1) is 13.6. The molecule has 1 aromatic carbocycles. The Bertz CT molecular complexity index is 494. The number of rotatable bonds is 2. The van der Waals surface area contributed by atoms with Gasteiger partial charge in [-0.3, -0.25) is 9.59 Å². The molecule has 1 fully saturated rings. The fourth-order valence-electron chi connectivity index (χ4n) is 2.06. The van der Waals surface area contributed by atoms with Crippen molar-refractivity contribution in [3.8, 4) is 0 Å². The van der Waals surface area contributed by atoms with E-state index in [0.717, 1.165) is 12.1 Å². The first-order chi connectivity index (χ1) is 8.88. The Labute approximate surface area is 107 Å². The zero-order valence-corrected chi connectivity index (χ0v) is 9.96. The average molecular weight is 271 g/mol. The number of carbonyl (C=O) groups excluding carboxylic acids is 2. The fraction of sp³-hybridized carbons (Fsp3) is 0.385. The Morgan fingerprint density at radius 1 is 1.21 bits per heavy atom. The van der Waals surface area contributed by atoms with Crippen LogP contribution in [-0.2, 0) is 15.8 Å². The largest absolute Gasteiger partial charge is 0.416 e. The highest BCUT2D eigenvalue weighted by Crippen LogP contribution is 2.30. The second-order valence-corrected chi connectivity index (χ2v) is 4.48. The normalized spacial score (nSPS) is 19.5. The second-order valence-electron chi connectivity index (χ2n) is 4.48. The van der Waals surface area contributed by atoms with Crippen LogP contribution in [0.4, 0.5) is 18.9 Å². The summed E-state index contributed by atoms with van der Waals surface area (Å²) in [7, 11) is 0. The zero-order chi connectivity index (χ0) is 14.0. The van der Waals surface area contributed by atoms with E-state index in [0.29, 0.717) is 19.3 Å². The Morgan fingerprint density at radius 3 is 2.32 bits per heavy atom. The molecule has 1 aliphatic carbocycles. The van der Waals surface area contributed by atoms with Crippen molar-refractivity contribution in [3.05, 3.63) is 29.8 Å². The summed E-state index contributed by atoms with van der Waals surface area (Å²) >= 11 is 0. The SMILES string of the molecule is O=C1CCCC1C(=O)Nc1ccc(C(F)(F)F)cc1. The molecule has 1 amide bonds. The monoisotopic (exact) mass is 271 g/mol. The fourth-order valence-corrected chi connectivity index (χ4v) is 2.06. The van der Waals surface area contributed by atoms with Crippen LogP contribution in [0.5, 0.6) is 0 Å². The number of alkyl halides is 3. The molecule has 19 heavy (non-hydrogen) atoms. The highest BCUT2D eigenvalue weighted by Gasteiger charge is 2.32. The minimum absolute atomic E-state index is 0.107. The number of anilines is 1. The number of amides is 1. The molecule has 1 aliphatic rings. The van der Waals surface area contributed by atoms with E-state index in [9.17, 15) is 22.8 Å². The molecule has 0 heterocycles. The summed E-state index contributed by atoms with van der Waals surface area (Å²) in [4.78, 5) is 23.1. The van der Waals surface area contributed by atoms with Crippen LogP contribution in [-0.4, -0.2) is 11.7 Å². The molecule has 1 atom stereocenters. The molecule has 102 valence electrons. The predicted octanol–water partition coefficient (Wildman–Crippen LogP) is 3.01. The third kappa shape index (κ3) is 3.13. The number of ketones is 1. The molecule has 2 rings (SSSR count). The van der Waals surface area contributed by atoms with Gasteiger partial charge in [0.05, 0.1) is 11.5 Å². The number of nitrogens with one attached hydrogen (secondary N) is 1. The molecule has 0 saturated heterocycles. The van der Waals surface area contributed by atoms with Crippen LogP contribution in [0.25, 0.3) is 0 Å². The average Bonchev–Trinajstić information content (AvgIpc) is 2.75. The number of carbonyl (C=O) groups is 2. The standard InChI is InChI=1S/C13H12F3NO2/c14-13(15,16)8-4-6-9(7-5-8)17-12(19)10-2-1-3-11(10)18/h4-7,10H,1-3H2,(H,17,19). The number of hydrogen-bond donors (Lipinski definition) is 1. The number of benzene rings is 1. The van der Waals surface area contributed by atoms with Crippen LogP contribution in [0.2, 0.25) is 0 Å². The summed E-state index contributed by atoms with van der Waals surface area (Å²) in [5.74, 6) is -1.21. The highest BCUT2D eigenvalue weighted by atomic mass is 19.4. The second kappa shape index (κ2) is 5.03. The lowest BCUT2D eigenvalue weighted by molar-refractivity contribution is -0.137. The first-order valence-corrected chi connectivity index (χ1v) is 5.89. The van der Waals surface area contributed by atoms with Gasteiger partial charge in [0.1, 0.15) is 5.78 Å².